The first-order valence-corrected chi connectivity index (χ1v) is 5.68. The fraction of sp³-hybridized carbons (Fsp3) is 0.0769. The molecule has 0 spiro atoms. The Morgan fingerprint density at radius 1 is 1.00 bits per heavy atom. The number of rotatable bonds is 2. The summed E-state index contributed by atoms with van der Waals surface area (Å²) in [5.41, 5.74) is -0.816. The minimum absolute atomic E-state index is 0.106. The van der Waals surface area contributed by atoms with Crippen LogP contribution in [0.15, 0.2) is 36.4 Å². The predicted octanol–water partition coefficient (Wildman–Crippen LogP) is 5.26. The van der Waals surface area contributed by atoms with E-state index in [1.54, 1.807) is 18.2 Å². The van der Waals surface area contributed by atoms with Gasteiger partial charge >= 0.3 is 6.18 Å². The van der Waals surface area contributed by atoms with Gasteiger partial charge in [-0.3, -0.25) is 0 Å². The smallest absolute Gasteiger partial charge is 0.416 e. The Morgan fingerprint density at radius 2 is 1.68 bits per heavy atom. The van der Waals surface area contributed by atoms with Gasteiger partial charge in [-0.2, -0.15) is 13.2 Å². The molecule has 0 atom stereocenters. The molecule has 0 aliphatic carbocycles. The van der Waals surface area contributed by atoms with Crippen LogP contribution < -0.4 is 9.47 Å². The Balaban J connectivity index is 1.89. The lowest BCUT2D eigenvalue weighted by molar-refractivity contribution is -0.137. The van der Waals surface area contributed by atoms with Gasteiger partial charge < -0.3 is 9.47 Å². The summed E-state index contributed by atoms with van der Waals surface area (Å²) < 4.78 is 48.0. The first-order chi connectivity index (χ1) is 8.93. The Kier molecular flexibility index (Phi) is 2.60. The SMILES string of the molecule is FC(F)(F)c1ccc(Oc2ccc3cc2O3)c(Cl)c1. The van der Waals surface area contributed by atoms with Crippen molar-refractivity contribution >= 4 is 11.6 Å². The highest BCUT2D eigenvalue weighted by molar-refractivity contribution is 6.32. The Labute approximate surface area is 111 Å². The number of fused-ring (bicyclic) bond motifs is 2. The van der Waals surface area contributed by atoms with E-state index in [2.05, 4.69) is 0 Å². The quantitative estimate of drug-likeness (QED) is 0.640. The molecule has 2 nitrogen and oxygen atoms in total. The summed E-state index contributed by atoms with van der Waals surface area (Å²) in [6, 6.07) is 8.06. The second kappa shape index (κ2) is 4.06. The molecule has 2 aliphatic rings. The lowest BCUT2D eigenvalue weighted by Gasteiger charge is -2.20. The maximum Gasteiger partial charge on any atom is 0.416 e. The summed E-state index contributed by atoms with van der Waals surface area (Å²) in [6.07, 6.45) is -4.43. The van der Waals surface area contributed by atoms with Crippen LogP contribution in [0.25, 0.3) is 0 Å². The van der Waals surface area contributed by atoms with Gasteiger partial charge in [-0.25, -0.2) is 0 Å². The number of benzene rings is 2. The average Bonchev–Trinajstić information content (AvgIpc) is 2.29. The van der Waals surface area contributed by atoms with Gasteiger partial charge in [0, 0.05) is 6.07 Å². The monoisotopic (exact) mass is 286 g/mol. The lowest BCUT2D eigenvalue weighted by Crippen LogP contribution is -2.04. The number of alkyl halides is 3. The van der Waals surface area contributed by atoms with Gasteiger partial charge in [-0.1, -0.05) is 11.6 Å². The van der Waals surface area contributed by atoms with Crippen LogP contribution in [0.2, 0.25) is 5.02 Å². The number of ether oxygens (including phenoxy) is 2. The second-order valence-electron chi connectivity index (χ2n) is 3.96. The highest BCUT2D eigenvalue weighted by Crippen LogP contribution is 2.45. The Bertz CT molecular complexity index is 649. The highest BCUT2D eigenvalue weighted by Gasteiger charge is 2.31. The zero-order chi connectivity index (χ0) is 13.6. The summed E-state index contributed by atoms with van der Waals surface area (Å²) in [7, 11) is 0. The van der Waals surface area contributed by atoms with Crippen LogP contribution in [0.5, 0.6) is 23.0 Å². The Hall–Kier alpha value is -1.88. The molecule has 2 bridgehead atoms. The normalized spacial score (nSPS) is 12.6. The molecule has 0 radical (unpaired) electrons. The topological polar surface area (TPSA) is 18.5 Å². The molecule has 2 aromatic carbocycles. The fourth-order valence-electron chi connectivity index (χ4n) is 1.66. The third kappa shape index (κ3) is 2.21. The molecule has 0 aromatic heterocycles. The largest absolute Gasteiger partial charge is 0.453 e. The zero-order valence-corrected chi connectivity index (χ0v) is 10.0. The van der Waals surface area contributed by atoms with Crippen LogP contribution in [0.3, 0.4) is 0 Å². The molecule has 98 valence electrons. The third-order valence-electron chi connectivity index (χ3n) is 2.62. The lowest BCUT2D eigenvalue weighted by atomic mass is 10.2. The van der Waals surface area contributed by atoms with E-state index < -0.39 is 11.7 Å². The summed E-state index contributed by atoms with van der Waals surface area (Å²) in [5, 5.41) is -0.106. The standard InChI is InChI=1S/C13H6ClF3O2/c14-9-5-7(13(15,16)17)1-3-10(9)19-11-4-2-8-6-12(11)18-8/h1-6H. The van der Waals surface area contributed by atoms with Crippen molar-refractivity contribution in [2.75, 3.05) is 0 Å². The van der Waals surface area contributed by atoms with E-state index >= 15 is 0 Å². The van der Waals surface area contributed by atoms with Gasteiger partial charge in [0.1, 0.15) is 11.5 Å². The van der Waals surface area contributed by atoms with E-state index in [4.69, 9.17) is 21.1 Å². The van der Waals surface area contributed by atoms with Crippen molar-refractivity contribution in [1.82, 2.24) is 0 Å². The first-order valence-electron chi connectivity index (χ1n) is 5.30. The van der Waals surface area contributed by atoms with E-state index in [0.717, 1.165) is 17.9 Å². The molecule has 0 saturated heterocycles. The van der Waals surface area contributed by atoms with E-state index in [9.17, 15) is 13.2 Å². The maximum atomic E-state index is 12.5. The van der Waals surface area contributed by atoms with Crippen LogP contribution in [0.4, 0.5) is 13.2 Å². The average molecular weight is 287 g/mol. The van der Waals surface area contributed by atoms with Crippen LogP contribution in [0.1, 0.15) is 5.56 Å². The van der Waals surface area contributed by atoms with Crippen LogP contribution in [-0.2, 0) is 6.18 Å². The maximum absolute atomic E-state index is 12.5. The summed E-state index contributed by atoms with van der Waals surface area (Å²) in [4.78, 5) is 0. The van der Waals surface area contributed by atoms with Crippen molar-refractivity contribution in [3.63, 3.8) is 0 Å². The second-order valence-corrected chi connectivity index (χ2v) is 4.36. The molecule has 0 amide bonds. The van der Waals surface area contributed by atoms with Gasteiger partial charge in [-0.05, 0) is 30.3 Å². The van der Waals surface area contributed by atoms with Crippen molar-refractivity contribution in [3.8, 4) is 23.0 Å². The molecular formula is C13H6ClF3O2. The minimum atomic E-state index is -4.43. The predicted molar refractivity (Wildman–Crippen MR) is 63.0 cm³/mol. The molecule has 19 heavy (non-hydrogen) atoms. The molecule has 0 N–H and O–H groups in total. The van der Waals surface area contributed by atoms with Gasteiger partial charge in [-0.15, -0.1) is 0 Å². The molecule has 0 fully saturated rings. The number of halogens is 4. The van der Waals surface area contributed by atoms with Crippen molar-refractivity contribution in [3.05, 3.63) is 47.0 Å². The van der Waals surface area contributed by atoms with Crippen LogP contribution in [0, 0.1) is 0 Å². The molecule has 4 rings (SSSR count). The minimum Gasteiger partial charge on any atom is -0.453 e. The van der Waals surface area contributed by atoms with Gasteiger partial charge in [0.15, 0.2) is 11.5 Å². The van der Waals surface area contributed by atoms with Gasteiger partial charge in [0.25, 0.3) is 0 Å². The molecule has 2 aliphatic heterocycles. The molecule has 2 heterocycles. The Morgan fingerprint density at radius 3 is 2.21 bits per heavy atom. The molecular weight excluding hydrogens is 281 g/mol. The fourth-order valence-corrected chi connectivity index (χ4v) is 1.88. The third-order valence-corrected chi connectivity index (χ3v) is 2.92. The number of hydrogen-bond acceptors (Lipinski definition) is 2. The van der Waals surface area contributed by atoms with Crippen molar-refractivity contribution < 1.29 is 22.6 Å². The summed E-state index contributed by atoms with van der Waals surface area (Å²) in [6.45, 7) is 0. The van der Waals surface area contributed by atoms with Gasteiger partial charge in [0.05, 0.1) is 10.6 Å². The molecule has 2 aromatic rings. The first kappa shape index (κ1) is 12.2. The van der Waals surface area contributed by atoms with Gasteiger partial charge in [0.2, 0.25) is 0 Å². The molecule has 0 unspecified atom stereocenters. The van der Waals surface area contributed by atoms with Crippen molar-refractivity contribution in [1.29, 1.82) is 0 Å². The van der Waals surface area contributed by atoms with E-state index in [1.807, 2.05) is 0 Å². The summed E-state index contributed by atoms with van der Waals surface area (Å²) in [5.74, 6) is 1.82. The van der Waals surface area contributed by atoms with Crippen LogP contribution >= 0.6 is 11.6 Å². The van der Waals surface area contributed by atoms with Crippen LogP contribution in [-0.4, -0.2) is 0 Å². The highest BCUT2D eigenvalue weighted by atomic mass is 35.5. The molecule has 6 heteroatoms. The van der Waals surface area contributed by atoms with E-state index in [0.29, 0.717) is 11.5 Å². The zero-order valence-electron chi connectivity index (χ0n) is 9.29. The van der Waals surface area contributed by atoms with Crippen molar-refractivity contribution in [2.45, 2.75) is 6.18 Å². The molecule has 0 saturated carbocycles. The number of hydrogen-bond donors (Lipinski definition) is 0. The summed E-state index contributed by atoms with van der Waals surface area (Å²) >= 11 is 5.79. The van der Waals surface area contributed by atoms with E-state index in [-0.39, 0.29) is 10.8 Å². The van der Waals surface area contributed by atoms with Crippen molar-refractivity contribution in [2.24, 2.45) is 0 Å². The van der Waals surface area contributed by atoms with E-state index in [1.165, 1.54) is 6.07 Å².